The van der Waals surface area contributed by atoms with E-state index in [0.29, 0.717) is 6.54 Å². The lowest BCUT2D eigenvalue weighted by molar-refractivity contribution is -0.118. The van der Waals surface area contributed by atoms with Gasteiger partial charge in [0, 0.05) is 13.5 Å². The van der Waals surface area contributed by atoms with Crippen LogP contribution in [0.3, 0.4) is 0 Å². The summed E-state index contributed by atoms with van der Waals surface area (Å²) in [5, 5.41) is 5.29. The predicted molar refractivity (Wildman–Crippen MR) is 111 cm³/mol. The zero-order valence-corrected chi connectivity index (χ0v) is 17.1. The summed E-state index contributed by atoms with van der Waals surface area (Å²) in [6.07, 6.45) is 2.08. The van der Waals surface area contributed by atoms with E-state index in [0.717, 1.165) is 11.0 Å². The smallest absolute Gasteiger partial charge is 0.400 e. The van der Waals surface area contributed by atoms with Crippen LogP contribution in [0.25, 0.3) is 16.8 Å². The average Bonchev–Trinajstić information content (AvgIpc) is 2.81. The molecule has 0 aliphatic carbocycles. The number of benzene rings is 2. The molecule has 4 nitrogen and oxygen atoms in total. The zero-order chi connectivity index (χ0) is 19.8. The van der Waals surface area contributed by atoms with E-state index in [1.54, 1.807) is 0 Å². The molecule has 1 saturated heterocycles. The van der Waals surface area contributed by atoms with E-state index in [1.807, 2.05) is 33.8 Å². The van der Waals surface area contributed by atoms with Gasteiger partial charge in [-0.25, -0.2) is 0 Å². The molecule has 0 unspecified atom stereocenters. The molecule has 5 heteroatoms. The third kappa shape index (κ3) is 3.94. The molecule has 1 heterocycles. The lowest BCUT2D eigenvalue weighted by Gasteiger charge is -2.32. The Bertz CT molecular complexity index is 886. The largest absolute Gasteiger partial charge is 0.492 e. The fraction of sp³-hybridized carbons (Fsp3) is 0.409. The minimum atomic E-state index is -0.498. The van der Waals surface area contributed by atoms with Crippen molar-refractivity contribution in [2.45, 2.75) is 52.7 Å². The van der Waals surface area contributed by atoms with Gasteiger partial charge in [0.15, 0.2) is 0 Å². The van der Waals surface area contributed by atoms with Crippen molar-refractivity contribution in [2.24, 2.45) is 0 Å². The second-order valence-electron chi connectivity index (χ2n) is 8.23. The van der Waals surface area contributed by atoms with E-state index in [9.17, 15) is 4.79 Å². The highest BCUT2D eigenvalue weighted by Gasteiger charge is 2.52. The molecule has 0 saturated carbocycles. The van der Waals surface area contributed by atoms with E-state index < -0.39 is 18.3 Å². The molecule has 3 rings (SSSR count). The SMILES string of the molecule is CC(=O)NCC(=Cc1ccc(C)c2ccccc12)B1OC(C)(C)C(C)(C)O1. The van der Waals surface area contributed by atoms with E-state index in [2.05, 4.69) is 48.6 Å². The molecule has 0 atom stereocenters. The first-order valence-corrected chi connectivity index (χ1v) is 9.39. The number of fused-ring (bicyclic) bond motifs is 1. The molecule has 27 heavy (non-hydrogen) atoms. The number of hydrogen-bond acceptors (Lipinski definition) is 3. The van der Waals surface area contributed by atoms with Gasteiger partial charge in [-0.2, -0.15) is 0 Å². The number of carbonyl (C=O) groups is 1. The quantitative estimate of drug-likeness (QED) is 0.822. The lowest BCUT2D eigenvalue weighted by Crippen LogP contribution is -2.41. The number of rotatable bonds is 4. The van der Waals surface area contributed by atoms with Crippen LogP contribution in [0.15, 0.2) is 41.9 Å². The van der Waals surface area contributed by atoms with Gasteiger partial charge < -0.3 is 14.6 Å². The second-order valence-corrected chi connectivity index (χ2v) is 8.23. The monoisotopic (exact) mass is 365 g/mol. The molecule has 2 aromatic carbocycles. The summed E-state index contributed by atoms with van der Waals surface area (Å²) in [6, 6.07) is 12.6. The van der Waals surface area contributed by atoms with Gasteiger partial charge in [-0.3, -0.25) is 4.79 Å². The zero-order valence-electron chi connectivity index (χ0n) is 17.1. The maximum absolute atomic E-state index is 11.5. The summed E-state index contributed by atoms with van der Waals surface area (Å²) in [5.74, 6) is -0.0776. The molecule has 0 aromatic heterocycles. The molecule has 1 aliphatic rings. The van der Waals surface area contributed by atoms with Gasteiger partial charge in [-0.05, 0) is 62.0 Å². The van der Waals surface area contributed by atoms with Crippen LogP contribution in [0.5, 0.6) is 0 Å². The van der Waals surface area contributed by atoms with Gasteiger partial charge >= 0.3 is 7.12 Å². The van der Waals surface area contributed by atoms with Crippen LogP contribution in [0.1, 0.15) is 45.7 Å². The molecule has 1 fully saturated rings. The first-order chi connectivity index (χ1) is 12.6. The molecule has 0 bridgehead atoms. The Morgan fingerprint density at radius 1 is 1.04 bits per heavy atom. The maximum atomic E-state index is 11.5. The molecule has 142 valence electrons. The lowest BCUT2D eigenvalue weighted by atomic mass is 9.76. The van der Waals surface area contributed by atoms with Crippen LogP contribution >= 0.6 is 0 Å². The highest BCUT2D eigenvalue weighted by Crippen LogP contribution is 2.39. The van der Waals surface area contributed by atoms with Crippen molar-refractivity contribution in [1.82, 2.24) is 5.32 Å². The topological polar surface area (TPSA) is 47.6 Å². The van der Waals surface area contributed by atoms with Gasteiger partial charge in [-0.15, -0.1) is 0 Å². The van der Waals surface area contributed by atoms with Crippen LogP contribution in [-0.4, -0.2) is 30.8 Å². The number of aryl methyl sites for hydroxylation is 1. The Morgan fingerprint density at radius 2 is 1.63 bits per heavy atom. The fourth-order valence-electron chi connectivity index (χ4n) is 3.22. The van der Waals surface area contributed by atoms with E-state index in [1.165, 1.54) is 23.3 Å². The summed E-state index contributed by atoms with van der Waals surface area (Å²) in [4.78, 5) is 11.5. The number of hydrogen-bond donors (Lipinski definition) is 1. The van der Waals surface area contributed by atoms with Gasteiger partial charge in [0.2, 0.25) is 5.91 Å². The van der Waals surface area contributed by atoms with Crippen LogP contribution < -0.4 is 5.32 Å². The minimum Gasteiger partial charge on any atom is -0.400 e. The van der Waals surface area contributed by atoms with Crippen molar-refractivity contribution in [3.8, 4) is 0 Å². The number of amides is 1. The van der Waals surface area contributed by atoms with E-state index in [4.69, 9.17) is 9.31 Å². The third-order valence-corrected chi connectivity index (χ3v) is 5.61. The number of nitrogens with one attached hydrogen (secondary N) is 1. The summed E-state index contributed by atoms with van der Waals surface area (Å²) < 4.78 is 12.4. The first kappa shape index (κ1) is 19.7. The van der Waals surface area contributed by atoms with Crippen molar-refractivity contribution in [2.75, 3.05) is 6.54 Å². The normalized spacial score (nSPS) is 18.7. The summed E-state index contributed by atoms with van der Waals surface area (Å²) >= 11 is 0. The highest BCUT2D eigenvalue weighted by molar-refractivity contribution is 6.56. The van der Waals surface area contributed by atoms with Crippen molar-refractivity contribution in [3.63, 3.8) is 0 Å². The Morgan fingerprint density at radius 3 is 2.22 bits per heavy atom. The molecule has 1 amide bonds. The summed E-state index contributed by atoms with van der Waals surface area (Å²) in [5.41, 5.74) is 2.37. The molecular weight excluding hydrogens is 337 g/mol. The molecule has 0 spiro atoms. The summed E-state index contributed by atoms with van der Waals surface area (Å²) in [7, 11) is -0.498. The number of carbonyl (C=O) groups excluding carboxylic acids is 1. The summed E-state index contributed by atoms with van der Waals surface area (Å²) in [6.45, 7) is 12.1. The van der Waals surface area contributed by atoms with Crippen molar-refractivity contribution >= 4 is 29.9 Å². The van der Waals surface area contributed by atoms with Gasteiger partial charge in [0.1, 0.15) is 0 Å². The Balaban J connectivity index is 2.04. The molecular formula is C22H28BNO3. The van der Waals surface area contributed by atoms with E-state index >= 15 is 0 Å². The van der Waals surface area contributed by atoms with Gasteiger partial charge in [0.05, 0.1) is 11.2 Å². The van der Waals surface area contributed by atoms with Crippen molar-refractivity contribution < 1.29 is 14.1 Å². The van der Waals surface area contributed by atoms with E-state index in [-0.39, 0.29) is 5.91 Å². The molecule has 0 radical (unpaired) electrons. The van der Waals surface area contributed by atoms with Crippen molar-refractivity contribution in [1.29, 1.82) is 0 Å². The first-order valence-electron chi connectivity index (χ1n) is 9.39. The minimum absolute atomic E-state index is 0.0776. The van der Waals surface area contributed by atoms with Crippen molar-refractivity contribution in [3.05, 3.63) is 53.0 Å². The van der Waals surface area contributed by atoms with Crippen LogP contribution in [0.4, 0.5) is 0 Å². The Labute approximate surface area is 162 Å². The average molecular weight is 365 g/mol. The molecule has 1 aliphatic heterocycles. The van der Waals surface area contributed by atoms with Crippen LogP contribution in [0.2, 0.25) is 0 Å². The standard InChI is InChI=1S/C22H28BNO3/c1-15-11-12-17(20-10-8-7-9-19(15)20)13-18(14-24-16(2)25)23-26-21(3,4)22(5,6)27-23/h7-13H,14H2,1-6H3,(H,24,25). The fourth-order valence-corrected chi connectivity index (χ4v) is 3.22. The Kier molecular flexibility index (Phi) is 5.19. The Hall–Kier alpha value is -2.11. The third-order valence-electron chi connectivity index (χ3n) is 5.61. The predicted octanol–water partition coefficient (Wildman–Crippen LogP) is 4.30. The second kappa shape index (κ2) is 7.14. The van der Waals surface area contributed by atoms with Crippen LogP contribution in [0, 0.1) is 6.92 Å². The van der Waals surface area contributed by atoms with Crippen LogP contribution in [-0.2, 0) is 14.1 Å². The molecule has 2 aromatic rings. The molecule has 1 N–H and O–H groups in total. The van der Waals surface area contributed by atoms with Gasteiger partial charge in [0.25, 0.3) is 0 Å². The highest BCUT2D eigenvalue weighted by atomic mass is 16.7. The maximum Gasteiger partial charge on any atom is 0.492 e. The van der Waals surface area contributed by atoms with Gasteiger partial charge in [-0.1, -0.05) is 42.5 Å².